The van der Waals surface area contributed by atoms with Gasteiger partial charge in [0.15, 0.2) is 12.2 Å². The fourth-order valence-corrected chi connectivity index (χ4v) is 3.48. The number of aldehydes is 1. The zero-order valence-electron chi connectivity index (χ0n) is 17.5. The first-order chi connectivity index (χ1) is 14.2. The summed E-state index contributed by atoms with van der Waals surface area (Å²) in [6, 6.07) is 0. The summed E-state index contributed by atoms with van der Waals surface area (Å²) in [6.07, 6.45) is 1.70. The molecule has 0 aromatic rings. The molecular formula is C22H28O8. The number of ether oxygens (including phenoxy) is 3. The zero-order valence-corrected chi connectivity index (χ0v) is 17.5. The zero-order chi connectivity index (χ0) is 22.4. The molecule has 0 spiro atoms. The minimum absolute atomic E-state index is 0.0402. The van der Waals surface area contributed by atoms with E-state index in [2.05, 4.69) is 6.58 Å². The van der Waals surface area contributed by atoms with Gasteiger partial charge in [-0.25, -0.2) is 4.79 Å². The van der Waals surface area contributed by atoms with E-state index in [1.165, 1.54) is 6.92 Å². The van der Waals surface area contributed by atoms with Crippen LogP contribution in [0.15, 0.2) is 35.5 Å². The summed E-state index contributed by atoms with van der Waals surface area (Å²) in [4.78, 5) is 48.6. The second-order valence-electron chi connectivity index (χ2n) is 7.51. The van der Waals surface area contributed by atoms with Crippen molar-refractivity contribution in [2.75, 3.05) is 6.61 Å². The van der Waals surface area contributed by atoms with Gasteiger partial charge in [0.05, 0.1) is 18.4 Å². The van der Waals surface area contributed by atoms with E-state index in [0.717, 1.165) is 0 Å². The highest BCUT2D eigenvalue weighted by atomic mass is 16.6. The number of hydrogen-bond donors (Lipinski definition) is 1. The number of esters is 3. The standard InChI is InChI=1S/C22H28O8/c1-5-12(2)21(26)30-20-18-13(3)22(27)29-17(18)9-15(10-23)7-6-8-16(11-24)19(20)28-14(4)25/h8-9,11-12,17-20,23H,3,5-7,10H2,1-2,4H3/b15-9-,16-8-/t12-,17-,18+,19-,20+/m1/s1. The predicted octanol–water partition coefficient (Wildman–Crippen LogP) is 1.81. The molecule has 8 nitrogen and oxygen atoms in total. The third-order valence-corrected chi connectivity index (χ3v) is 5.39. The van der Waals surface area contributed by atoms with Crippen LogP contribution in [0.25, 0.3) is 0 Å². The first kappa shape index (κ1) is 23.5. The molecule has 0 aromatic carbocycles. The second kappa shape index (κ2) is 10.3. The minimum Gasteiger partial charge on any atom is -0.457 e. The van der Waals surface area contributed by atoms with Gasteiger partial charge in [-0.1, -0.05) is 26.5 Å². The van der Waals surface area contributed by atoms with Crippen molar-refractivity contribution in [3.05, 3.63) is 35.5 Å². The molecule has 0 saturated carbocycles. The number of carbonyl (C=O) groups excluding carboxylic acids is 4. The summed E-state index contributed by atoms with van der Waals surface area (Å²) in [7, 11) is 0. The molecule has 8 heteroatoms. The average Bonchev–Trinajstić information content (AvgIpc) is 2.99. The second-order valence-corrected chi connectivity index (χ2v) is 7.51. The quantitative estimate of drug-likeness (QED) is 0.227. The molecule has 5 atom stereocenters. The highest BCUT2D eigenvalue weighted by molar-refractivity contribution is 5.91. The summed E-state index contributed by atoms with van der Waals surface area (Å²) >= 11 is 0. The Kier molecular flexibility index (Phi) is 8.11. The van der Waals surface area contributed by atoms with Gasteiger partial charge in [0.25, 0.3) is 0 Å². The normalized spacial score (nSPS) is 31.2. The molecule has 1 heterocycles. The Morgan fingerprint density at radius 3 is 2.67 bits per heavy atom. The van der Waals surface area contributed by atoms with Crippen molar-refractivity contribution >= 4 is 24.2 Å². The van der Waals surface area contributed by atoms with Gasteiger partial charge in [0, 0.05) is 18.1 Å². The molecule has 1 fully saturated rings. The van der Waals surface area contributed by atoms with Gasteiger partial charge in [-0.15, -0.1) is 0 Å². The van der Waals surface area contributed by atoms with Gasteiger partial charge >= 0.3 is 17.9 Å². The molecule has 1 aliphatic carbocycles. The van der Waals surface area contributed by atoms with Gasteiger partial charge in [0.2, 0.25) is 0 Å². The van der Waals surface area contributed by atoms with Crippen molar-refractivity contribution in [2.45, 2.75) is 58.3 Å². The molecule has 30 heavy (non-hydrogen) atoms. The molecule has 0 aromatic heterocycles. The van der Waals surface area contributed by atoms with E-state index < -0.39 is 48.1 Å². The lowest BCUT2D eigenvalue weighted by Crippen LogP contribution is -2.45. The molecule has 1 saturated heterocycles. The lowest BCUT2D eigenvalue weighted by atomic mass is 9.83. The first-order valence-corrected chi connectivity index (χ1v) is 9.96. The van der Waals surface area contributed by atoms with Crippen molar-refractivity contribution in [1.82, 2.24) is 0 Å². The number of carbonyl (C=O) groups is 4. The SMILES string of the molecule is C=C1C(=O)O[C@@H]2/C=C(\CO)CC/C=C(/C=O)[C@@H](OC(C)=O)[C@@H](OC(=O)[C@H](C)CC)[C@@H]12. The molecule has 2 aliphatic rings. The lowest BCUT2D eigenvalue weighted by molar-refractivity contribution is -0.171. The number of aliphatic hydroxyl groups is 1. The van der Waals surface area contributed by atoms with Crippen LogP contribution in [-0.4, -0.2) is 54.2 Å². The molecule has 0 radical (unpaired) electrons. The van der Waals surface area contributed by atoms with Crippen LogP contribution in [0.3, 0.4) is 0 Å². The Bertz CT molecular complexity index is 778. The van der Waals surface area contributed by atoms with E-state index in [1.807, 2.05) is 6.92 Å². The van der Waals surface area contributed by atoms with Crippen molar-refractivity contribution in [2.24, 2.45) is 11.8 Å². The number of allylic oxidation sites excluding steroid dienone is 1. The van der Waals surface area contributed by atoms with Gasteiger partial charge < -0.3 is 19.3 Å². The van der Waals surface area contributed by atoms with E-state index in [9.17, 15) is 24.3 Å². The van der Waals surface area contributed by atoms with Crippen LogP contribution < -0.4 is 0 Å². The fourth-order valence-electron chi connectivity index (χ4n) is 3.48. The molecule has 164 valence electrons. The van der Waals surface area contributed by atoms with Gasteiger partial charge in [-0.05, 0) is 30.9 Å². The maximum atomic E-state index is 12.6. The molecule has 0 unspecified atom stereocenters. The first-order valence-electron chi connectivity index (χ1n) is 9.96. The van der Waals surface area contributed by atoms with E-state index >= 15 is 0 Å². The van der Waals surface area contributed by atoms with E-state index in [1.54, 1.807) is 19.1 Å². The predicted molar refractivity (Wildman–Crippen MR) is 106 cm³/mol. The third-order valence-electron chi connectivity index (χ3n) is 5.39. The Morgan fingerprint density at radius 2 is 2.10 bits per heavy atom. The van der Waals surface area contributed by atoms with E-state index in [-0.39, 0.29) is 17.8 Å². The summed E-state index contributed by atoms with van der Waals surface area (Å²) in [5, 5.41) is 9.66. The van der Waals surface area contributed by atoms with Crippen molar-refractivity contribution < 1.29 is 38.5 Å². The highest BCUT2D eigenvalue weighted by Crippen LogP contribution is 2.37. The smallest absolute Gasteiger partial charge is 0.334 e. The monoisotopic (exact) mass is 420 g/mol. The topological polar surface area (TPSA) is 116 Å². The van der Waals surface area contributed by atoms with Crippen LogP contribution in [0.2, 0.25) is 0 Å². The van der Waals surface area contributed by atoms with E-state index in [4.69, 9.17) is 14.2 Å². The minimum atomic E-state index is -1.23. The fraction of sp³-hybridized carbons (Fsp3) is 0.545. The lowest BCUT2D eigenvalue weighted by Gasteiger charge is -2.33. The van der Waals surface area contributed by atoms with Crippen LogP contribution in [0.5, 0.6) is 0 Å². The molecule has 0 bridgehead atoms. The van der Waals surface area contributed by atoms with Crippen molar-refractivity contribution in [3.63, 3.8) is 0 Å². The average molecular weight is 420 g/mol. The molecule has 1 N–H and O–H groups in total. The highest BCUT2D eigenvalue weighted by Gasteiger charge is 2.49. The molecule has 2 rings (SSSR count). The number of fused-ring (bicyclic) bond motifs is 1. The van der Waals surface area contributed by atoms with Crippen molar-refractivity contribution in [3.8, 4) is 0 Å². The summed E-state index contributed by atoms with van der Waals surface area (Å²) in [5.41, 5.74) is 0.752. The molecular weight excluding hydrogens is 392 g/mol. The van der Waals surface area contributed by atoms with Gasteiger partial charge in [-0.2, -0.15) is 0 Å². The largest absolute Gasteiger partial charge is 0.457 e. The van der Waals surface area contributed by atoms with Crippen LogP contribution in [0.1, 0.15) is 40.0 Å². The maximum absolute atomic E-state index is 12.6. The van der Waals surface area contributed by atoms with Gasteiger partial charge in [-0.3, -0.25) is 14.4 Å². The molecule has 0 amide bonds. The number of aliphatic hydroxyl groups excluding tert-OH is 1. The van der Waals surface area contributed by atoms with Crippen LogP contribution >= 0.6 is 0 Å². The Labute approximate surface area is 175 Å². The Balaban J connectivity index is 2.63. The Hall–Kier alpha value is -2.74. The van der Waals surface area contributed by atoms with Crippen LogP contribution in [0, 0.1) is 11.8 Å². The Morgan fingerprint density at radius 1 is 1.40 bits per heavy atom. The third kappa shape index (κ3) is 5.24. The van der Waals surface area contributed by atoms with E-state index in [0.29, 0.717) is 31.1 Å². The van der Waals surface area contributed by atoms with Crippen molar-refractivity contribution in [1.29, 1.82) is 0 Å². The molecule has 1 aliphatic heterocycles. The van der Waals surface area contributed by atoms with Crippen LogP contribution in [-0.2, 0) is 33.4 Å². The number of rotatable bonds is 6. The summed E-state index contributed by atoms with van der Waals surface area (Å²) in [5.74, 6) is -3.25. The summed E-state index contributed by atoms with van der Waals surface area (Å²) in [6.45, 7) is 8.20. The van der Waals surface area contributed by atoms with Gasteiger partial charge in [0.1, 0.15) is 12.4 Å². The van der Waals surface area contributed by atoms with Crippen LogP contribution in [0.4, 0.5) is 0 Å². The summed E-state index contributed by atoms with van der Waals surface area (Å²) < 4.78 is 16.5. The maximum Gasteiger partial charge on any atom is 0.334 e. The number of hydrogen-bond acceptors (Lipinski definition) is 8.